The van der Waals surface area contributed by atoms with Crippen LogP contribution in [0.25, 0.3) is 10.8 Å². The summed E-state index contributed by atoms with van der Waals surface area (Å²) in [7, 11) is 0. The Morgan fingerprint density at radius 1 is 0.711 bits per heavy atom. The molecular formula is C32H39ClO5. The van der Waals surface area contributed by atoms with Gasteiger partial charge in [0, 0.05) is 0 Å². The van der Waals surface area contributed by atoms with E-state index < -0.39 is 17.3 Å². The van der Waals surface area contributed by atoms with Crippen molar-refractivity contribution in [3.8, 4) is 17.2 Å². The van der Waals surface area contributed by atoms with Crippen molar-refractivity contribution >= 4 is 34.3 Å². The van der Waals surface area contributed by atoms with Crippen LogP contribution < -0.4 is 14.2 Å². The third-order valence-corrected chi connectivity index (χ3v) is 7.06. The second-order valence-corrected chi connectivity index (χ2v) is 10.4. The largest absolute Gasteiger partial charge is 0.494 e. The van der Waals surface area contributed by atoms with Crippen LogP contribution in [0, 0.1) is 5.92 Å². The molecule has 0 aromatic heterocycles. The topological polar surface area (TPSA) is 61.8 Å². The minimum atomic E-state index is -0.706. The fourth-order valence-electron chi connectivity index (χ4n) is 4.05. The van der Waals surface area contributed by atoms with Crippen LogP contribution in [-0.2, 0) is 4.79 Å². The highest BCUT2D eigenvalue weighted by molar-refractivity contribution is 6.30. The number of rotatable bonds is 15. The van der Waals surface area contributed by atoms with Crippen molar-refractivity contribution in [1.82, 2.24) is 0 Å². The molecule has 0 heterocycles. The van der Waals surface area contributed by atoms with E-state index in [0.29, 0.717) is 23.7 Å². The fraction of sp³-hybridized carbons (Fsp3) is 0.438. The van der Waals surface area contributed by atoms with E-state index in [2.05, 4.69) is 6.92 Å². The van der Waals surface area contributed by atoms with E-state index in [9.17, 15) is 9.59 Å². The lowest BCUT2D eigenvalue weighted by atomic mass is 10.1. The van der Waals surface area contributed by atoms with Crippen LogP contribution in [0.1, 0.15) is 82.5 Å². The van der Waals surface area contributed by atoms with Gasteiger partial charge >= 0.3 is 11.9 Å². The first-order valence-corrected chi connectivity index (χ1v) is 14.2. The lowest BCUT2D eigenvalue weighted by Crippen LogP contribution is -2.25. The standard InChI is InChI=1S/C32H39ClO5/c1-4-5-6-7-8-9-10-11-20-36-27-16-12-24(13-17-27)31(34)37-28-18-14-26-22-29(19-15-25(26)21-28)38-32(35)30(33)23(2)3/h12-19,21-23,30H,4-11,20H2,1-3H3/t30-/m0/s1. The molecule has 204 valence electrons. The second-order valence-electron chi connectivity index (χ2n) is 9.97. The van der Waals surface area contributed by atoms with Crippen LogP contribution in [0.3, 0.4) is 0 Å². The molecule has 0 amide bonds. The van der Waals surface area contributed by atoms with Crippen molar-refractivity contribution in [3.63, 3.8) is 0 Å². The second kappa shape index (κ2) is 15.4. The molecule has 0 aliphatic carbocycles. The molecule has 0 aliphatic rings. The van der Waals surface area contributed by atoms with Gasteiger partial charge in [-0.25, -0.2) is 4.79 Å². The van der Waals surface area contributed by atoms with Gasteiger partial charge in [-0.15, -0.1) is 11.6 Å². The molecule has 3 rings (SSSR count). The number of carbonyl (C=O) groups excluding carboxylic acids is 2. The van der Waals surface area contributed by atoms with Crippen molar-refractivity contribution in [2.24, 2.45) is 5.92 Å². The Kier molecular flexibility index (Phi) is 11.9. The number of hydrogen-bond acceptors (Lipinski definition) is 5. The first kappa shape index (κ1) is 29.5. The summed E-state index contributed by atoms with van der Waals surface area (Å²) in [4.78, 5) is 24.8. The normalized spacial score (nSPS) is 11.9. The molecule has 1 atom stereocenters. The smallest absolute Gasteiger partial charge is 0.343 e. The minimum Gasteiger partial charge on any atom is -0.494 e. The highest BCUT2D eigenvalue weighted by Crippen LogP contribution is 2.27. The highest BCUT2D eigenvalue weighted by Gasteiger charge is 2.21. The number of esters is 2. The average Bonchev–Trinajstić information content (AvgIpc) is 2.92. The van der Waals surface area contributed by atoms with Crippen molar-refractivity contribution in [1.29, 1.82) is 0 Å². The van der Waals surface area contributed by atoms with Gasteiger partial charge in [0.1, 0.15) is 22.6 Å². The molecule has 0 unspecified atom stereocenters. The molecule has 0 fully saturated rings. The maximum Gasteiger partial charge on any atom is 0.343 e. The zero-order valence-electron chi connectivity index (χ0n) is 22.7. The van der Waals surface area contributed by atoms with Gasteiger partial charge in [0.15, 0.2) is 0 Å². The maximum absolute atomic E-state index is 12.6. The fourth-order valence-corrected chi connectivity index (χ4v) is 4.10. The number of halogens is 1. The van der Waals surface area contributed by atoms with Crippen LogP contribution in [0.4, 0.5) is 0 Å². The first-order valence-electron chi connectivity index (χ1n) is 13.7. The lowest BCUT2D eigenvalue weighted by Gasteiger charge is -2.13. The van der Waals surface area contributed by atoms with Crippen LogP contribution >= 0.6 is 11.6 Å². The predicted octanol–water partition coefficient (Wildman–Crippen LogP) is 8.75. The van der Waals surface area contributed by atoms with Gasteiger partial charge in [-0.1, -0.05) is 77.8 Å². The van der Waals surface area contributed by atoms with Crippen LogP contribution in [0.15, 0.2) is 60.7 Å². The van der Waals surface area contributed by atoms with E-state index in [1.165, 1.54) is 44.9 Å². The Balaban J connectivity index is 1.46. The molecule has 0 spiro atoms. The summed E-state index contributed by atoms with van der Waals surface area (Å²) in [5.41, 5.74) is 0.451. The number of benzene rings is 3. The number of unbranched alkanes of at least 4 members (excludes halogenated alkanes) is 7. The van der Waals surface area contributed by atoms with Crippen molar-refractivity contribution < 1.29 is 23.8 Å². The Hall–Kier alpha value is -3.05. The van der Waals surface area contributed by atoms with Gasteiger partial charge in [0.2, 0.25) is 0 Å². The van der Waals surface area contributed by atoms with Crippen LogP contribution in [-0.4, -0.2) is 23.9 Å². The Morgan fingerprint density at radius 3 is 1.82 bits per heavy atom. The van der Waals surface area contributed by atoms with E-state index in [4.69, 9.17) is 25.8 Å². The summed E-state index contributed by atoms with van der Waals surface area (Å²) in [5, 5.41) is 0.998. The van der Waals surface area contributed by atoms with E-state index in [1.54, 1.807) is 48.5 Å². The molecule has 5 nitrogen and oxygen atoms in total. The van der Waals surface area contributed by atoms with Crippen molar-refractivity contribution in [2.75, 3.05) is 6.61 Å². The molecule has 3 aromatic carbocycles. The molecule has 6 heteroatoms. The highest BCUT2D eigenvalue weighted by atomic mass is 35.5. The number of fused-ring (bicyclic) bond motifs is 1. The van der Waals surface area contributed by atoms with Gasteiger partial charge in [-0.05, 0) is 71.6 Å². The first-order chi connectivity index (χ1) is 18.4. The SMILES string of the molecule is CCCCCCCCCCOc1ccc(C(=O)Oc2ccc3cc(OC(=O)[C@@H](Cl)C(C)C)ccc3c2)cc1. The monoisotopic (exact) mass is 538 g/mol. The van der Waals surface area contributed by atoms with Gasteiger partial charge in [0.25, 0.3) is 0 Å². The molecule has 38 heavy (non-hydrogen) atoms. The van der Waals surface area contributed by atoms with Gasteiger partial charge in [-0.2, -0.15) is 0 Å². The molecule has 0 bridgehead atoms. The van der Waals surface area contributed by atoms with Gasteiger partial charge in [-0.3, -0.25) is 4.79 Å². The summed E-state index contributed by atoms with van der Waals surface area (Å²) in [6, 6.07) is 17.6. The van der Waals surface area contributed by atoms with Gasteiger partial charge < -0.3 is 14.2 Å². The number of carbonyl (C=O) groups is 2. The summed E-state index contributed by atoms with van der Waals surface area (Å²) in [6.45, 7) is 6.65. The van der Waals surface area contributed by atoms with E-state index in [-0.39, 0.29) is 5.92 Å². The third kappa shape index (κ3) is 9.36. The van der Waals surface area contributed by atoms with E-state index >= 15 is 0 Å². The number of ether oxygens (including phenoxy) is 3. The number of hydrogen-bond donors (Lipinski definition) is 0. The third-order valence-electron chi connectivity index (χ3n) is 6.38. The zero-order valence-corrected chi connectivity index (χ0v) is 23.5. The summed E-state index contributed by atoms with van der Waals surface area (Å²) < 4.78 is 16.8. The summed E-state index contributed by atoms with van der Waals surface area (Å²) in [6.07, 6.45) is 10.1. The Labute approximate surface area is 231 Å². The Bertz CT molecular complexity index is 1170. The van der Waals surface area contributed by atoms with Crippen LogP contribution in [0.2, 0.25) is 0 Å². The average molecular weight is 539 g/mol. The van der Waals surface area contributed by atoms with Crippen molar-refractivity contribution in [2.45, 2.75) is 77.5 Å². The van der Waals surface area contributed by atoms with E-state index in [1.807, 2.05) is 26.0 Å². The lowest BCUT2D eigenvalue weighted by molar-refractivity contribution is -0.134. The minimum absolute atomic E-state index is 0.0229. The summed E-state index contributed by atoms with van der Waals surface area (Å²) in [5.74, 6) is 0.666. The molecule has 0 aliphatic heterocycles. The van der Waals surface area contributed by atoms with Gasteiger partial charge in [0.05, 0.1) is 12.2 Å². The molecule has 0 saturated heterocycles. The summed E-state index contributed by atoms with van der Waals surface area (Å²) >= 11 is 6.09. The maximum atomic E-state index is 12.6. The molecule has 0 N–H and O–H groups in total. The van der Waals surface area contributed by atoms with E-state index in [0.717, 1.165) is 22.9 Å². The molecular weight excluding hydrogens is 500 g/mol. The molecule has 3 aromatic rings. The van der Waals surface area contributed by atoms with Crippen LogP contribution in [0.5, 0.6) is 17.2 Å². The van der Waals surface area contributed by atoms with Crippen molar-refractivity contribution in [3.05, 3.63) is 66.2 Å². The number of alkyl halides is 1. The quantitative estimate of drug-likeness (QED) is 0.0837. The molecule has 0 saturated carbocycles. The Morgan fingerprint density at radius 2 is 1.24 bits per heavy atom. The molecule has 0 radical (unpaired) electrons. The zero-order chi connectivity index (χ0) is 27.3. The predicted molar refractivity (Wildman–Crippen MR) is 154 cm³/mol.